The molecular weight excluding hydrogens is 444 g/mol. The van der Waals surface area contributed by atoms with E-state index in [4.69, 9.17) is 14.2 Å². The van der Waals surface area contributed by atoms with Crippen LogP contribution in [0.15, 0.2) is 30.3 Å². The highest BCUT2D eigenvalue weighted by Gasteiger charge is 2.34. The Morgan fingerprint density at radius 2 is 1.80 bits per heavy atom. The van der Waals surface area contributed by atoms with Gasteiger partial charge in [0.05, 0.1) is 17.9 Å². The molecule has 3 aliphatic rings. The van der Waals surface area contributed by atoms with Gasteiger partial charge in [0.1, 0.15) is 0 Å². The predicted octanol–water partition coefficient (Wildman–Crippen LogP) is 4.89. The minimum atomic E-state index is -0.330. The van der Waals surface area contributed by atoms with Crippen LogP contribution in [-0.4, -0.2) is 35.9 Å². The lowest BCUT2D eigenvalue weighted by Gasteiger charge is -2.22. The number of rotatable bonds is 3. The van der Waals surface area contributed by atoms with Gasteiger partial charge in [-0.3, -0.25) is 4.79 Å². The van der Waals surface area contributed by atoms with Crippen LogP contribution in [0.4, 0.5) is 5.69 Å². The highest BCUT2D eigenvalue weighted by Crippen LogP contribution is 2.47. The SMILES string of the molecule is CCOC(=O)c1c(-c2ccc3c(c2)CCN3C(C)=O)c(C)n2c1-c1cc3c(cc1CC2)OC(C)O3. The van der Waals surface area contributed by atoms with E-state index in [0.29, 0.717) is 24.5 Å². The van der Waals surface area contributed by atoms with Gasteiger partial charge in [-0.05, 0) is 67.6 Å². The molecule has 0 N–H and O–H groups in total. The van der Waals surface area contributed by atoms with E-state index in [2.05, 4.69) is 17.6 Å². The maximum Gasteiger partial charge on any atom is 0.340 e. The van der Waals surface area contributed by atoms with Gasteiger partial charge in [-0.2, -0.15) is 0 Å². The second-order valence-corrected chi connectivity index (χ2v) is 9.33. The lowest BCUT2D eigenvalue weighted by atomic mass is 9.93. The van der Waals surface area contributed by atoms with Crippen LogP contribution in [-0.2, 0) is 28.9 Å². The third kappa shape index (κ3) is 3.25. The van der Waals surface area contributed by atoms with Crippen molar-refractivity contribution in [2.24, 2.45) is 0 Å². The molecular formula is C28H28N2O5. The first-order chi connectivity index (χ1) is 16.9. The Labute approximate surface area is 204 Å². The lowest BCUT2D eigenvalue weighted by Crippen LogP contribution is -2.25. The molecule has 7 nitrogen and oxygen atoms in total. The van der Waals surface area contributed by atoms with Gasteiger partial charge in [0.25, 0.3) is 0 Å². The molecule has 0 saturated heterocycles. The van der Waals surface area contributed by atoms with E-state index >= 15 is 0 Å². The summed E-state index contributed by atoms with van der Waals surface area (Å²) in [5.74, 6) is 1.16. The van der Waals surface area contributed by atoms with Crippen molar-refractivity contribution in [2.45, 2.75) is 53.4 Å². The molecule has 0 bridgehead atoms. The highest BCUT2D eigenvalue weighted by molar-refractivity contribution is 6.06. The molecule has 3 aliphatic heterocycles. The number of nitrogens with zero attached hydrogens (tertiary/aromatic N) is 2. The zero-order valence-electron chi connectivity index (χ0n) is 20.4. The molecule has 4 heterocycles. The van der Waals surface area contributed by atoms with Crippen molar-refractivity contribution in [2.75, 3.05) is 18.1 Å². The summed E-state index contributed by atoms with van der Waals surface area (Å²) in [5.41, 5.74) is 8.52. The highest BCUT2D eigenvalue weighted by atomic mass is 16.7. The molecule has 0 saturated carbocycles. The molecule has 2 aromatic carbocycles. The zero-order chi connectivity index (χ0) is 24.4. The molecule has 0 spiro atoms. The number of carbonyl (C=O) groups excluding carboxylic acids is 2. The van der Waals surface area contributed by atoms with Crippen molar-refractivity contribution in [3.05, 3.63) is 52.7 Å². The third-order valence-corrected chi connectivity index (χ3v) is 7.26. The van der Waals surface area contributed by atoms with Crippen molar-refractivity contribution < 1.29 is 23.8 Å². The van der Waals surface area contributed by atoms with Crippen molar-refractivity contribution in [3.8, 4) is 33.9 Å². The van der Waals surface area contributed by atoms with E-state index in [-0.39, 0.29) is 18.2 Å². The van der Waals surface area contributed by atoms with E-state index in [0.717, 1.165) is 70.0 Å². The second kappa shape index (κ2) is 7.90. The summed E-state index contributed by atoms with van der Waals surface area (Å²) in [7, 11) is 0. The van der Waals surface area contributed by atoms with Gasteiger partial charge in [0.15, 0.2) is 11.5 Å². The van der Waals surface area contributed by atoms with Crippen LogP contribution in [0.2, 0.25) is 0 Å². The first-order valence-electron chi connectivity index (χ1n) is 12.2. The fourth-order valence-corrected chi connectivity index (χ4v) is 5.76. The predicted molar refractivity (Wildman–Crippen MR) is 132 cm³/mol. The number of anilines is 1. The van der Waals surface area contributed by atoms with Gasteiger partial charge in [0, 0.05) is 49.4 Å². The zero-order valence-corrected chi connectivity index (χ0v) is 20.4. The Kier molecular flexibility index (Phi) is 4.91. The average Bonchev–Trinajstić information content (AvgIpc) is 3.49. The molecule has 180 valence electrons. The molecule has 6 rings (SSSR count). The second-order valence-electron chi connectivity index (χ2n) is 9.33. The fraction of sp³-hybridized carbons (Fsp3) is 0.357. The molecule has 0 fully saturated rings. The smallest absolute Gasteiger partial charge is 0.340 e. The Hall–Kier alpha value is -3.74. The van der Waals surface area contributed by atoms with Gasteiger partial charge in [-0.15, -0.1) is 0 Å². The number of benzene rings is 2. The Morgan fingerprint density at radius 1 is 1.06 bits per heavy atom. The van der Waals surface area contributed by atoms with Crippen LogP contribution in [0.25, 0.3) is 22.4 Å². The summed E-state index contributed by atoms with van der Waals surface area (Å²) in [5, 5.41) is 0. The van der Waals surface area contributed by atoms with E-state index in [9.17, 15) is 9.59 Å². The Balaban J connectivity index is 1.56. The molecule has 1 atom stereocenters. The van der Waals surface area contributed by atoms with Crippen LogP contribution in [0, 0.1) is 6.92 Å². The van der Waals surface area contributed by atoms with Gasteiger partial charge < -0.3 is 23.7 Å². The molecule has 35 heavy (non-hydrogen) atoms. The van der Waals surface area contributed by atoms with Crippen LogP contribution in [0.5, 0.6) is 11.5 Å². The normalized spacial score (nSPS) is 17.1. The summed E-state index contributed by atoms with van der Waals surface area (Å²) in [6.07, 6.45) is 1.31. The van der Waals surface area contributed by atoms with Gasteiger partial charge >= 0.3 is 5.97 Å². The minimum absolute atomic E-state index is 0.0453. The summed E-state index contributed by atoms with van der Waals surface area (Å²) in [6.45, 7) is 9.10. The van der Waals surface area contributed by atoms with E-state index in [1.165, 1.54) is 0 Å². The number of aryl methyl sites for hydroxylation is 1. The minimum Gasteiger partial charge on any atom is -0.462 e. The molecule has 7 heteroatoms. The van der Waals surface area contributed by atoms with Crippen molar-refractivity contribution in [1.29, 1.82) is 0 Å². The average molecular weight is 473 g/mol. The Morgan fingerprint density at radius 3 is 2.54 bits per heavy atom. The molecule has 1 aromatic heterocycles. The maximum atomic E-state index is 13.5. The third-order valence-electron chi connectivity index (χ3n) is 7.26. The summed E-state index contributed by atoms with van der Waals surface area (Å²) < 4.78 is 19.5. The van der Waals surface area contributed by atoms with E-state index in [1.54, 1.807) is 6.92 Å². The van der Waals surface area contributed by atoms with Crippen LogP contribution >= 0.6 is 0 Å². The summed E-state index contributed by atoms with van der Waals surface area (Å²) >= 11 is 0. The first-order valence-corrected chi connectivity index (χ1v) is 12.2. The number of carbonyl (C=O) groups is 2. The summed E-state index contributed by atoms with van der Waals surface area (Å²) in [4.78, 5) is 27.3. The number of esters is 1. The molecule has 3 aromatic rings. The van der Waals surface area contributed by atoms with E-state index in [1.807, 2.05) is 43.0 Å². The fourth-order valence-electron chi connectivity index (χ4n) is 5.76. The van der Waals surface area contributed by atoms with Gasteiger partial charge in [-0.25, -0.2) is 4.79 Å². The number of ether oxygens (including phenoxy) is 3. The molecule has 1 unspecified atom stereocenters. The summed E-state index contributed by atoms with van der Waals surface area (Å²) in [6, 6.07) is 10.2. The first kappa shape index (κ1) is 21.8. The van der Waals surface area contributed by atoms with Crippen molar-refractivity contribution in [3.63, 3.8) is 0 Å². The number of hydrogen-bond acceptors (Lipinski definition) is 5. The molecule has 1 amide bonds. The van der Waals surface area contributed by atoms with Crippen molar-refractivity contribution >= 4 is 17.6 Å². The van der Waals surface area contributed by atoms with Gasteiger partial charge in [0.2, 0.25) is 12.2 Å². The number of hydrogen-bond donors (Lipinski definition) is 0. The van der Waals surface area contributed by atoms with E-state index < -0.39 is 0 Å². The topological polar surface area (TPSA) is 70.0 Å². The molecule has 0 aliphatic carbocycles. The van der Waals surface area contributed by atoms with Crippen LogP contribution < -0.4 is 14.4 Å². The Bertz CT molecular complexity index is 1400. The quantitative estimate of drug-likeness (QED) is 0.508. The van der Waals surface area contributed by atoms with Crippen LogP contribution in [0.1, 0.15) is 48.0 Å². The monoisotopic (exact) mass is 472 g/mol. The molecule has 0 radical (unpaired) electrons. The van der Waals surface area contributed by atoms with Crippen molar-refractivity contribution in [1.82, 2.24) is 4.57 Å². The lowest BCUT2D eigenvalue weighted by molar-refractivity contribution is -0.116. The van der Waals surface area contributed by atoms with Crippen LogP contribution in [0.3, 0.4) is 0 Å². The number of fused-ring (bicyclic) bond motifs is 5. The largest absolute Gasteiger partial charge is 0.462 e. The number of amides is 1. The standard InChI is InChI=1S/C28H28N2O5/c1-5-33-28(32)26-25(20-6-7-22-19(12-20)9-11-30(22)16(3)31)15(2)29-10-8-18-13-23-24(35-17(4)34-23)14-21(18)27(26)29/h6-7,12-14,17H,5,8-11H2,1-4H3. The maximum absolute atomic E-state index is 13.5. The number of aromatic nitrogens is 1. The van der Waals surface area contributed by atoms with Gasteiger partial charge in [-0.1, -0.05) is 6.07 Å².